The van der Waals surface area contributed by atoms with Crippen LogP contribution in [0.1, 0.15) is 11.3 Å². The molecule has 0 bridgehead atoms. The smallest absolute Gasteiger partial charge is 0.154 e. The Morgan fingerprint density at radius 3 is 2.54 bits per heavy atom. The van der Waals surface area contributed by atoms with Crippen LogP contribution in [0.2, 0.25) is 5.15 Å². The van der Waals surface area contributed by atoms with Gasteiger partial charge >= 0.3 is 0 Å². The molecule has 5 heteroatoms. The van der Waals surface area contributed by atoms with Gasteiger partial charge in [0.15, 0.2) is 5.15 Å². The van der Waals surface area contributed by atoms with E-state index in [0.29, 0.717) is 16.7 Å². The first-order chi connectivity index (χ1) is 6.02. The van der Waals surface area contributed by atoms with Crippen molar-refractivity contribution in [2.75, 3.05) is 14.1 Å². The van der Waals surface area contributed by atoms with Crippen LogP contribution in [0, 0.1) is 12.3 Å². The fourth-order valence-electron chi connectivity index (χ4n) is 0.815. The van der Waals surface area contributed by atoms with E-state index in [-0.39, 0.29) is 0 Å². The van der Waals surface area contributed by atoms with Crippen molar-refractivity contribution in [3.05, 3.63) is 22.5 Å². The molecule has 1 rings (SSSR count). The van der Waals surface area contributed by atoms with Crippen LogP contribution >= 0.6 is 11.6 Å². The lowest BCUT2D eigenvalue weighted by Crippen LogP contribution is -2.23. The molecule has 70 valence electrons. The van der Waals surface area contributed by atoms with Gasteiger partial charge in [-0.1, -0.05) is 11.6 Å². The Kier molecular flexibility index (Phi) is 2.83. The maximum Gasteiger partial charge on any atom is 0.154 e. The van der Waals surface area contributed by atoms with Crippen LogP contribution in [0.5, 0.6) is 0 Å². The minimum atomic E-state index is 0.326. The fourth-order valence-corrected chi connectivity index (χ4v) is 0.907. The number of halogens is 1. The molecule has 0 unspecified atom stereocenters. The van der Waals surface area contributed by atoms with Crippen LogP contribution in [0.15, 0.2) is 6.07 Å². The summed E-state index contributed by atoms with van der Waals surface area (Å²) in [7, 11) is 3.57. The molecule has 0 aliphatic rings. The molecule has 1 heterocycles. The molecule has 0 atom stereocenters. The lowest BCUT2D eigenvalue weighted by atomic mass is 10.2. The first kappa shape index (κ1) is 9.92. The highest BCUT2D eigenvalue weighted by molar-refractivity contribution is 6.30. The van der Waals surface area contributed by atoms with Gasteiger partial charge in [0.1, 0.15) is 11.5 Å². The van der Waals surface area contributed by atoms with E-state index in [2.05, 4.69) is 10.2 Å². The molecule has 0 spiro atoms. The summed E-state index contributed by atoms with van der Waals surface area (Å²) in [4.78, 5) is 1.66. The molecule has 0 aliphatic carbocycles. The second kappa shape index (κ2) is 3.70. The summed E-state index contributed by atoms with van der Waals surface area (Å²) in [5.41, 5.74) is 1.37. The van der Waals surface area contributed by atoms with Crippen LogP contribution < -0.4 is 0 Å². The zero-order valence-electron chi connectivity index (χ0n) is 7.80. The van der Waals surface area contributed by atoms with Crippen molar-refractivity contribution in [2.45, 2.75) is 6.92 Å². The molecule has 0 amide bonds. The highest BCUT2D eigenvalue weighted by atomic mass is 35.5. The van der Waals surface area contributed by atoms with E-state index >= 15 is 0 Å². The molecule has 4 nitrogen and oxygen atoms in total. The van der Waals surface area contributed by atoms with E-state index in [0.717, 1.165) is 5.56 Å². The summed E-state index contributed by atoms with van der Waals surface area (Å²) < 4.78 is 0. The van der Waals surface area contributed by atoms with Crippen molar-refractivity contribution >= 4 is 17.4 Å². The van der Waals surface area contributed by atoms with Gasteiger partial charge in [0, 0.05) is 14.1 Å². The van der Waals surface area contributed by atoms with Crippen molar-refractivity contribution in [1.29, 1.82) is 5.41 Å². The quantitative estimate of drug-likeness (QED) is 0.547. The van der Waals surface area contributed by atoms with Crippen molar-refractivity contribution in [1.82, 2.24) is 15.1 Å². The van der Waals surface area contributed by atoms with Gasteiger partial charge in [-0.15, -0.1) is 10.2 Å². The summed E-state index contributed by atoms with van der Waals surface area (Å²) in [6.07, 6.45) is 0. The minimum absolute atomic E-state index is 0.326. The summed E-state index contributed by atoms with van der Waals surface area (Å²) in [5.74, 6) is 0.326. The van der Waals surface area contributed by atoms with Gasteiger partial charge in [-0.25, -0.2) is 0 Å². The van der Waals surface area contributed by atoms with E-state index in [1.54, 1.807) is 25.1 Å². The largest absolute Gasteiger partial charge is 0.361 e. The second-order valence-electron chi connectivity index (χ2n) is 2.95. The fraction of sp³-hybridized carbons (Fsp3) is 0.375. The Hall–Kier alpha value is -1.16. The monoisotopic (exact) mass is 198 g/mol. The molecular formula is C8H11ClN4. The summed E-state index contributed by atoms with van der Waals surface area (Å²) >= 11 is 5.71. The standard InChI is InChI=1S/C8H11ClN4/c1-5-4-6(8(10)13(2)3)11-12-7(5)9/h4,10H,1-3H3. The first-order valence-electron chi connectivity index (χ1n) is 3.78. The maximum atomic E-state index is 7.63. The van der Waals surface area contributed by atoms with Gasteiger partial charge in [0.05, 0.1) is 0 Å². The third kappa shape index (κ3) is 2.15. The van der Waals surface area contributed by atoms with Gasteiger partial charge in [-0.05, 0) is 18.6 Å². The number of nitrogens with one attached hydrogen (secondary N) is 1. The zero-order chi connectivity index (χ0) is 10.0. The van der Waals surface area contributed by atoms with Gasteiger partial charge in [0.2, 0.25) is 0 Å². The average molecular weight is 199 g/mol. The van der Waals surface area contributed by atoms with Crippen molar-refractivity contribution in [2.24, 2.45) is 0 Å². The van der Waals surface area contributed by atoms with E-state index in [4.69, 9.17) is 17.0 Å². The molecule has 0 aromatic carbocycles. The number of rotatable bonds is 1. The first-order valence-corrected chi connectivity index (χ1v) is 4.16. The average Bonchev–Trinajstić information content (AvgIpc) is 2.08. The molecule has 1 aromatic rings. The molecule has 0 aliphatic heterocycles. The highest BCUT2D eigenvalue weighted by Crippen LogP contribution is 2.10. The van der Waals surface area contributed by atoms with E-state index in [9.17, 15) is 0 Å². The summed E-state index contributed by atoms with van der Waals surface area (Å²) in [6.45, 7) is 1.84. The molecular weight excluding hydrogens is 188 g/mol. The van der Waals surface area contributed by atoms with Crippen molar-refractivity contribution in [3.8, 4) is 0 Å². The normalized spacial score (nSPS) is 9.85. The topological polar surface area (TPSA) is 52.9 Å². The Balaban J connectivity index is 3.04. The maximum absolute atomic E-state index is 7.63. The Labute approximate surface area is 82.0 Å². The van der Waals surface area contributed by atoms with Crippen molar-refractivity contribution in [3.63, 3.8) is 0 Å². The van der Waals surface area contributed by atoms with Crippen LogP contribution in [0.3, 0.4) is 0 Å². The van der Waals surface area contributed by atoms with Crippen LogP contribution in [0.4, 0.5) is 0 Å². The second-order valence-corrected chi connectivity index (χ2v) is 3.30. The SMILES string of the molecule is Cc1cc(C(=N)N(C)C)nnc1Cl. The van der Waals surface area contributed by atoms with Gasteiger partial charge in [-0.2, -0.15) is 0 Å². The molecule has 0 saturated carbocycles. The van der Waals surface area contributed by atoms with Gasteiger partial charge < -0.3 is 4.90 Å². The minimum Gasteiger partial charge on any atom is -0.361 e. The number of hydrogen-bond donors (Lipinski definition) is 1. The number of aryl methyl sites for hydroxylation is 1. The Morgan fingerprint density at radius 1 is 1.46 bits per heavy atom. The molecule has 13 heavy (non-hydrogen) atoms. The third-order valence-corrected chi connectivity index (χ3v) is 1.99. The van der Waals surface area contributed by atoms with E-state index < -0.39 is 0 Å². The van der Waals surface area contributed by atoms with Crippen LogP contribution in [0.25, 0.3) is 0 Å². The predicted molar refractivity (Wildman–Crippen MR) is 52.3 cm³/mol. The van der Waals surface area contributed by atoms with E-state index in [1.165, 1.54) is 0 Å². The lowest BCUT2D eigenvalue weighted by Gasteiger charge is -2.12. The van der Waals surface area contributed by atoms with Crippen LogP contribution in [-0.2, 0) is 0 Å². The van der Waals surface area contributed by atoms with Gasteiger partial charge in [-0.3, -0.25) is 5.41 Å². The predicted octanol–water partition coefficient (Wildman–Crippen LogP) is 1.33. The van der Waals surface area contributed by atoms with Gasteiger partial charge in [0.25, 0.3) is 0 Å². The molecule has 0 radical (unpaired) electrons. The third-order valence-electron chi connectivity index (χ3n) is 1.61. The number of nitrogens with zero attached hydrogens (tertiary/aromatic N) is 3. The molecule has 0 saturated heterocycles. The number of amidine groups is 1. The molecule has 1 aromatic heterocycles. The van der Waals surface area contributed by atoms with E-state index in [1.807, 2.05) is 6.92 Å². The highest BCUT2D eigenvalue weighted by Gasteiger charge is 2.07. The Morgan fingerprint density at radius 2 is 2.08 bits per heavy atom. The van der Waals surface area contributed by atoms with Crippen LogP contribution in [-0.4, -0.2) is 35.0 Å². The molecule has 0 fully saturated rings. The molecule has 1 N–H and O–H groups in total. The Bertz CT molecular complexity index is 335. The zero-order valence-corrected chi connectivity index (χ0v) is 8.55. The summed E-state index contributed by atoms with van der Waals surface area (Å²) in [6, 6.07) is 1.75. The van der Waals surface area contributed by atoms with Crippen molar-refractivity contribution < 1.29 is 0 Å². The lowest BCUT2D eigenvalue weighted by molar-refractivity contribution is 0.615. The number of hydrogen-bond acceptors (Lipinski definition) is 3. The summed E-state index contributed by atoms with van der Waals surface area (Å²) in [5, 5.41) is 15.6. The number of aromatic nitrogens is 2.